The summed E-state index contributed by atoms with van der Waals surface area (Å²) < 4.78 is 0. The Morgan fingerprint density at radius 1 is 0.425 bits per heavy atom. The average Bonchev–Trinajstić information content (AvgIpc) is 3.02. The topological polar surface area (TPSA) is 64.5 Å². The smallest absolute Gasteiger partial charge is 0.116 e. The molecule has 3 aromatic heterocycles. The molecular weight excluding hydrogens is 490 g/mol. The van der Waals surface area contributed by atoms with Crippen LogP contribution in [0.1, 0.15) is 0 Å². The van der Waals surface area contributed by atoms with E-state index in [1.807, 2.05) is 12.4 Å². The summed E-state index contributed by atoms with van der Waals surface area (Å²) in [5.41, 5.74) is 7.82. The average molecular weight is 512 g/mol. The minimum atomic E-state index is 0.883. The molecule has 0 atom stereocenters. The van der Waals surface area contributed by atoms with Crippen LogP contribution in [0.2, 0.25) is 0 Å². The van der Waals surface area contributed by atoms with Gasteiger partial charge in [-0.3, -0.25) is 0 Å². The van der Waals surface area contributed by atoms with Gasteiger partial charge in [0.15, 0.2) is 0 Å². The van der Waals surface area contributed by atoms with Gasteiger partial charge in [0.25, 0.3) is 0 Å². The minimum Gasteiger partial charge on any atom is -0.248 e. The Morgan fingerprint density at radius 2 is 1.02 bits per heavy atom. The fourth-order valence-corrected chi connectivity index (χ4v) is 5.47. The Bertz CT molecular complexity index is 2140. The third kappa shape index (κ3) is 3.84. The molecule has 0 amide bonds. The van der Waals surface area contributed by atoms with E-state index in [1.165, 1.54) is 27.1 Å². The maximum absolute atomic E-state index is 5.16. The highest BCUT2D eigenvalue weighted by Crippen LogP contribution is 2.36. The molecule has 0 bridgehead atoms. The van der Waals surface area contributed by atoms with Gasteiger partial charge >= 0.3 is 0 Å². The van der Waals surface area contributed by atoms with Crippen molar-refractivity contribution in [3.8, 4) is 33.6 Å². The number of rotatable bonds is 3. The van der Waals surface area contributed by atoms with Crippen molar-refractivity contribution < 1.29 is 0 Å². The highest BCUT2D eigenvalue weighted by molar-refractivity contribution is 6.05. The van der Waals surface area contributed by atoms with Crippen LogP contribution in [0, 0.1) is 0 Å². The number of fused-ring (bicyclic) bond motifs is 4. The van der Waals surface area contributed by atoms with Gasteiger partial charge in [-0.2, -0.15) is 0 Å². The second kappa shape index (κ2) is 9.03. The fourth-order valence-electron chi connectivity index (χ4n) is 5.47. The molecule has 3 heterocycles. The molecule has 40 heavy (non-hydrogen) atoms. The van der Waals surface area contributed by atoms with E-state index in [4.69, 9.17) is 4.98 Å². The first-order chi connectivity index (χ1) is 19.8. The molecule has 0 fully saturated rings. The van der Waals surface area contributed by atoms with Gasteiger partial charge in [0.05, 0.1) is 22.4 Å². The quantitative estimate of drug-likeness (QED) is 0.223. The molecule has 0 aliphatic carbocycles. The molecule has 0 saturated carbocycles. The molecule has 0 aliphatic heterocycles. The first-order valence-corrected chi connectivity index (χ1v) is 13.1. The van der Waals surface area contributed by atoms with Crippen LogP contribution in [0.4, 0.5) is 0 Å². The first-order valence-electron chi connectivity index (χ1n) is 13.1. The van der Waals surface area contributed by atoms with Crippen molar-refractivity contribution in [2.45, 2.75) is 0 Å². The monoisotopic (exact) mass is 511 g/mol. The maximum Gasteiger partial charge on any atom is 0.116 e. The lowest BCUT2D eigenvalue weighted by molar-refractivity contribution is 1.22. The molecule has 5 nitrogen and oxygen atoms in total. The van der Waals surface area contributed by atoms with Gasteiger partial charge in [0.1, 0.15) is 12.7 Å². The predicted octanol–water partition coefficient (Wildman–Crippen LogP) is 8.28. The molecular formula is C35H21N5. The number of pyridine rings is 1. The minimum absolute atomic E-state index is 0.883. The van der Waals surface area contributed by atoms with Crippen LogP contribution < -0.4 is 0 Å². The Kier molecular flexibility index (Phi) is 5.07. The molecule has 0 N–H and O–H groups in total. The zero-order valence-electron chi connectivity index (χ0n) is 21.4. The zero-order chi connectivity index (χ0) is 26.5. The summed E-state index contributed by atoms with van der Waals surface area (Å²) in [6.45, 7) is 0. The number of benzene rings is 5. The van der Waals surface area contributed by atoms with Crippen molar-refractivity contribution in [3.63, 3.8) is 0 Å². The highest BCUT2D eigenvalue weighted by Gasteiger charge is 2.13. The van der Waals surface area contributed by atoms with Gasteiger partial charge in [0.2, 0.25) is 0 Å². The van der Waals surface area contributed by atoms with E-state index in [9.17, 15) is 0 Å². The molecule has 8 aromatic rings. The van der Waals surface area contributed by atoms with Crippen molar-refractivity contribution >= 4 is 43.4 Å². The van der Waals surface area contributed by atoms with Gasteiger partial charge in [-0.25, -0.2) is 24.9 Å². The highest BCUT2D eigenvalue weighted by atomic mass is 14.8. The Hall–Kier alpha value is -5.55. The van der Waals surface area contributed by atoms with E-state index in [2.05, 4.69) is 123 Å². The van der Waals surface area contributed by atoms with Crippen LogP contribution in [-0.4, -0.2) is 24.9 Å². The molecule has 5 heteroatoms. The molecule has 8 rings (SSSR count). The molecule has 186 valence electrons. The van der Waals surface area contributed by atoms with E-state index < -0.39 is 0 Å². The zero-order valence-corrected chi connectivity index (χ0v) is 21.4. The molecule has 0 spiro atoms. The molecule has 0 aliphatic rings. The summed E-state index contributed by atoms with van der Waals surface area (Å²) >= 11 is 0. The Balaban J connectivity index is 1.39. The number of hydrogen-bond acceptors (Lipinski definition) is 5. The van der Waals surface area contributed by atoms with Crippen molar-refractivity contribution in [1.82, 2.24) is 24.9 Å². The number of hydrogen-bond donors (Lipinski definition) is 0. The lowest BCUT2D eigenvalue weighted by Gasteiger charge is -2.13. The van der Waals surface area contributed by atoms with Crippen molar-refractivity contribution in [2.24, 2.45) is 0 Å². The fraction of sp³-hybridized carbons (Fsp3) is 0. The van der Waals surface area contributed by atoms with Gasteiger partial charge in [-0.05, 0) is 69.1 Å². The van der Waals surface area contributed by atoms with Gasteiger partial charge in [0, 0.05) is 34.3 Å². The SMILES string of the molecule is c1ccc2cc3c(-c4cc(-c5ccc6cncnc6c5)nc(-c5ccc6cncnc6c5)c4)cccc3cc2c1. The second-order valence-corrected chi connectivity index (χ2v) is 9.95. The van der Waals surface area contributed by atoms with E-state index >= 15 is 0 Å². The van der Waals surface area contributed by atoms with Gasteiger partial charge < -0.3 is 0 Å². The van der Waals surface area contributed by atoms with E-state index in [1.54, 1.807) is 12.7 Å². The second-order valence-electron chi connectivity index (χ2n) is 9.95. The molecule has 5 aromatic carbocycles. The van der Waals surface area contributed by atoms with Crippen molar-refractivity contribution in [1.29, 1.82) is 0 Å². The third-order valence-electron chi connectivity index (χ3n) is 7.49. The number of nitrogens with zero attached hydrogens (tertiary/aromatic N) is 5. The van der Waals surface area contributed by atoms with E-state index in [-0.39, 0.29) is 0 Å². The van der Waals surface area contributed by atoms with Crippen LogP contribution >= 0.6 is 0 Å². The van der Waals surface area contributed by atoms with Crippen molar-refractivity contribution in [3.05, 3.63) is 128 Å². The molecule has 0 saturated heterocycles. The first kappa shape index (κ1) is 22.4. The molecule has 0 unspecified atom stereocenters. The standard InChI is InChI=1S/C35H21N5/c1-2-5-23-13-31-24(12-22(23)4-1)6-3-7-30(31)29-16-34(25-8-10-27-18-36-20-38-32(27)14-25)40-35(17-29)26-9-11-28-19-37-21-39-33(28)15-26/h1-21H. The van der Waals surface area contributed by atoms with Crippen molar-refractivity contribution in [2.75, 3.05) is 0 Å². The van der Waals surface area contributed by atoms with Crippen LogP contribution in [0.25, 0.3) is 77.0 Å². The van der Waals surface area contributed by atoms with E-state index in [0.717, 1.165) is 49.9 Å². The van der Waals surface area contributed by atoms with Crippen LogP contribution in [0.5, 0.6) is 0 Å². The predicted molar refractivity (Wildman–Crippen MR) is 162 cm³/mol. The third-order valence-corrected chi connectivity index (χ3v) is 7.49. The summed E-state index contributed by atoms with van der Waals surface area (Å²) in [4.78, 5) is 22.4. The Labute approximate surface area is 229 Å². The van der Waals surface area contributed by atoms with Crippen LogP contribution in [0.3, 0.4) is 0 Å². The molecule has 0 radical (unpaired) electrons. The normalized spacial score (nSPS) is 11.5. The van der Waals surface area contributed by atoms with Crippen LogP contribution in [0.15, 0.2) is 128 Å². The summed E-state index contributed by atoms with van der Waals surface area (Å²) in [6.07, 6.45) is 6.83. The summed E-state index contributed by atoms with van der Waals surface area (Å²) in [7, 11) is 0. The summed E-state index contributed by atoms with van der Waals surface area (Å²) in [5, 5.41) is 6.87. The van der Waals surface area contributed by atoms with E-state index in [0.29, 0.717) is 0 Å². The lowest BCUT2D eigenvalue weighted by Crippen LogP contribution is -1.93. The summed E-state index contributed by atoms with van der Waals surface area (Å²) in [5.74, 6) is 0. The number of aromatic nitrogens is 5. The van der Waals surface area contributed by atoms with Gasteiger partial charge in [-0.15, -0.1) is 0 Å². The van der Waals surface area contributed by atoms with Gasteiger partial charge in [-0.1, -0.05) is 66.7 Å². The maximum atomic E-state index is 5.16. The summed E-state index contributed by atoms with van der Waals surface area (Å²) in [6, 6.07) is 36.4. The van der Waals surface area contributed by atoms with Crippen LogP contribution in [-0.2, 0) is 0 Å². The largest absolute Gasteiger partial charge is 0.248 e. The Morgan fingerprint density at radius 3 is 1.68 bits per heavy atom. The lowest BCUT2D eigenvalue weighted by atomic mass is 9.94.